The molecule has 0 amide bonds. The van der Waals surface area contributed by atoms with Gasteiger partial charge in [-0.15, -0.1) is 0 Å². The lowest BCUT2D eigenvalue weighted by Gasteiger charge is -2.08. The first kappa shape index (κ1) is 12.4. The van der Waals surface area contributed by atoms with E-state index in [2.05, 4.69) is 50.2 Å². The van der Waals surface area contributed by atoms with Crippen LogP contribution < -0.4 is 5.32 Å². The van der Waals surface area contributed by atoms with Crippen molar-refractivity contribution in [3.8, 4) is 0 Å². The van der Waals surface area contributed by atoms with Gasteiger partial charge in [-0.05, 0) is 45.3 Å². The predicted octanol–water partition coefficient (Wildman–Crippen LogP) is 2.69. The molecule has 1 aromatic heterocycles. The maximum absolute atomic E-state index is 4.47. The number of H-pyrrole nitrogens is 1. The van der Waals surface area contributed by atoms with Gasteiger partial charge < -0.3 is 15.2 Å². The van der Waals surface area contributed by atoms with Crippen LogP contribution >= 0.6 is 15.9 Å². The van der Waals surface area contributed by atoms with Gasteiger partial charge in [-0.25, -0.2) is 4.98 Å². The van der Waals surface area contributed by atoms with Gasteiger partial charge in [0.05, 0.1) is 11.0 Å². The van der Waals surface area contributed by atoms with Crippen LogP contribution in [0.25, 0.3) is 11.0 Å². The van der Waals surface area contributed by atoms with Gasteiger partial charge in [0.1, 0.15) is 0 Å². The quantitative estimate of drug-likeness (QED) is 0.834. The summed E-state index contributed by atoms with van der Waals surface area (Å²) < 4.78 is 1.06. The number of fused-ring (bicyclic) bond motifs is 1. The van der Waals surface area contributed by atoms with E-state index >= 15 is 0 Å². The minimum atomic E-state index is 0.844. The number of anilines is 1. The normalized spacial score (nSPS) is 11.3. The maximum atomic E-state index is 4.47. The highest BCUT2D eigenvalue weighted by Gasteiger charge is 2.02. The van der Waals surface area contributed by atoms with Crippen molar-refractivity contribution in [3.05, 3.63) is 22.7 Å². The Morgan fingerprint density at radius 2 is 2.24 bits per heavy atom. The topological polar surface area (TPSA) is 44.0 Å². The van der Waals surface area contributed by atoms with Crippen molar-refractivity contribution in [3.63, 3.8) is 0 Å². The van der Waals surface area contributed by atoms with Crippen LogP contribution in [0.1, 0.15) is 6.42 Å². The van der Waals surface area contributed by atoms with Gasteiger partial charge in [0.2, 0.25) is 5.95 Å². The summed E-state index contributed by atoms with van der Waals surface area (Å²) in [6.07, 6.45) is 1.10. The molecule has 1 heterocycles. The molecule has 0 aliphatic rings. The second-order valence-electron chi connectivity index (χ2n) is 4.33. The predicted molar refractivity (Wildman–Crippen MR) is 75.5 cm³/mol. The van der Waals surface area contributed by atoms with Crippen LogP contribution in [0.4, 0.5) is 5.95 Å². The van der Waals surface area contributed by atoms with Crippen LogP contribution in [-0.4, -0.2) is 42.1 Å². The monoisotopic (exact) mass is 296 g/mol. The zero-order valence-corrected chi connectivity index (χ0v) is 11.7. The summed E-state index contributed by atoms with van der Waals surface area (Å²) in [6, 6.07) is 6.03. The Kier molecular flexibility index (Phi) is 4.02. The Morgan fingerprint density at radius 3 is 3.00 bits per heavy atom. The molecule has 0 aliphatic heterocycles. The molecule has 0 atom stereocenters. The van der Waals surface area contributed by atoms with Crippen LogP contribution in [0.5, 0.6) is 0 Å². The fourth-order valence-electron chi connectivity index (χ4n) is 1.67. The van der Waals surface area contributed by atoms with E-state index in [0.29, 0.717) is 0 Å². The minimum absolute atomic E-state index is 0.844. The summed E-state index contributed by atoms with van der Waals surface area (Å²) in [4.78, 5) is 9.91. The number of aromatic nitrogens is 2. The average molecular weight is 297 g/mol. The van der Waals surface area contributed by atoms with Crippen LogP contribution in [0.2, 0.25) is 0 Å². The molecule has 2 aromatic rings. The fraction of sp³-hybridized carbons (Fsp3) is 0.417. The first-order valence-electron chi connectivity index (χ1n) is 5.69. The average Bonchev–Trinajstić information content (AvgIpc) is 2.66. The van der Waals surface area contributed by atoms with Crippen molar-refractivity contribution >= 4 is 32.9 Å². The van der Waals surface area contributed by atoms with Gasteiger partial charge in [0.15, 0.2) is 0 Å². The van der Waals surface area contributed by atoms with E-state index in [4.69, 9.17) is 0 Å². The summed E-state index contributed by atoms with van der Waals surface area (Å²) in [5, 5.41) is 3.30. The number of benzene rings is 1. The maximum Gasteiger partial charge on any atom is 0.201 e. The summed E-state index contributed by atoms with van der Waals surface area (Å²) in [6.45, 7) is 2.01. The van der Waals surface area contributed by atoms with Crippen molar-refractivity contribution in [2.24, 2.45) is 0 Å². The second kappa shape index (κ2) is 5.51. The lowest BCUT2D eigenvalue weighted by atomic mass is 10.3. The number of nitrogens with zero attached hydrogens (tertiary/aromatic N) is 2. The molecule has 0 bridgehead atoms. The second-order valence-corrected chi connectivity index (χ2v) is 5.25. The zero-order valence-electron chi connectivity index (χ0n) is 10.1. The number of aromatic amines is 1. The van der Waals surface area contributed by atoms with Crippen molar-refractivity contribution in [2.45, 2.75) is 6.42 Å². The SMILES string of the molecule is CN(C)CCCNc1nc2ccc(Br)cc2[nH]1. The molecule has 2 N–H and O–H groups in total. The molecule has 92 valence electrons. The van der Waals surface area contributed by atoms with E-state index < -0.39 is 0 Å². The third-order valence-electron chi connectivity index (χ3n) is 2.52. The standard InChI is InChI=1S/C12H17BrN4/c1-17(2)7-3-6-14-12-15-10-5-4-9(13)8-11(10)16-12/h4-5,8H,3,6-7H2,1-2H3,(H2,14,15,16). The fourth-order valence-corrected chi connectivity index (χ4v) is 2.03. The van der Waals surface area contributed by atoms with Gasteiger partial charge in [-0.3, -0.25) is 0 Å². The zero-order chi connectivity index (χ0) is 12.3. The molecule has 0 aliphatic carbocycles. The van der Waals surface area contributed by atoms with E-state index in [0.717, 1.165) is 41.0 Å². The highest BCUT2D eigenvalue weighted by molar-refractivity contribution is 9.10. The molecule has 1 aromatic carbocycles. The lowest BCUT2D eigenvalue weighted by Crippen LogP contribution is -2.16. The first-order chi connectivity index (χ1) is 8.15. The van der Waals surface area contributed by atoms with Gasteiger partial charge in [-0.1, -0.05) is 15.9 Å². The lowest BCUT2D eigenvalue weighted by molar-refractivity contribution is 0.405. The first-order valence-corrected chi connectivity index (χ1v) is 6.48. The summed E-state index contributed by atoms with van der Waals surface area (Å²) in [5.74, 6) is 0.844. The molecule has 17 heavy (non-hydrogen) atoms. The Hall–Kier alpha value is -1.07. The van der Waals surface area contributed by atoms with Gasteiger partial charge in [0.25, 0.3) is 0 Å². The van der Waals surface area contributed by atoms with Crippen molar-refractivity contribution in [2.75, 3.05) is 32.5 Å². The molecule has 0 fully saturated rings. The van der Waals surface area contributed by atoms with Crippen LogP contribution in [0, 0.1) is 0 Å². The third-order valence-corrected chi connectivity index (χ3v) is 3.01. The molecular weight excluding hydrogens is 280 g/mol. The Bertz CT molecular complexity index is 492. The van der Waals surface area contributed by atoms with Crippen molar-refractivity contribution < 1.29 is 0 Å². The summed E-state index contributed by atoms with van der Waals surface area (Å²) >= 11 is 3.45. The van der Waals surface area contributed by atoms with Gasteiger partial charge in [0, 0.05) is 11.0 Å². The number of imidazole rings is 1. The molecule has 0 saturated heterocycles. The Morgan fingerprint density at radius 1 is 1.41 bits per heavy atom. The van der Waals surface area contributed by atoms with Crippen LogP contribution in [0.3, 0.4) is 0 Å². The van der Waals surface area contributed by atoms with E-state index in [-0.39, 0.29) is 0 Å². The van der Waals surface area contributed by atoms with Crippen LogP contribution in [-0.2, 0) is 0 Å². The Labute approximate surface area is 110 Å². The van der Waals surface area contributed by atoms with E-state index in [9.17, 15) is 0 Å². The number of hydrogen-bond donors (Lipinski definition) is 2. The largest absolute Gasteiger partial charge is 0.356 e. The van der Waals surface area contributed by atoms with Gasteiger partial charge in [-0.2, -0.15) is 0 Å². The van der Waals surface area contributed by atoms with E-state index in [1.54, 1.807) is 0 Å². The molecule has 4 nitrogen and oxygen atoms in total. The van der Waals surface area contributed by atoms with Gasteiger partial charge >= 0.3 is 0 Å². The number of nitrogens with one attached hydrogen (secondary N) is 2. The molecule has 0 saturated carbocycles. The van der Waals surface area contributed by atoms with Crippen molar-refractivity contribution in [1.82, 2.24) is 14.9 Å². The molecular formula is C12H17BrN4. The molecule has 5 heteroatoms. The van der Waals surface area contributed by atoms with Crippen molar-refractivity contribution in [1.29, 1.82) is 0 Å². The number of hydrogen-bond acceptors (Lipinski definition) is 3. The third kappa shape index (κ3) is 3.44. The molecule has 2 rings (SSSR count). The molecule has 0 spiro atoms. The molecule has 0 radical (unpaired) electrons. The van der Waals surface area contributed by atoms with E-state index in [1.807, 2.05) is 18.2 Å². The number of halogens is 1. The summed E-state index contributed by atoms with van der Waals surface area (Å²) in [5.41, 5.74) is 2.04. The minimum Gasteiger partial charge on any atom is -0.356 e. The van der Waals surface area contributed by atoms with E-state index in [1.165, 1.54) is 0 Å². The Balaban J connectivity index is 1.95. The summed E-state index contributed by atoms with van der Waals surface area (Å²) in [7, 11) is 4.16. The highest BCUT2D eigenvalue weighted by atomic mass is 79.9. The number of rotatable bonds is 5. The highest BCUT2D eigenvalue weighted by Crippen LogP contribution is 2.19. The smallest absolute Gasteiger partial charge is 0.201 e. The molecule has 0 unspecified atom stereocenters. The van der Waals surface area contributed by atoms with Crippen LogP contribution in [0.15, 0.2) is 22.7 Å².